The molecule has 9 heteroatoms. The van der Waals surface area contributed by atoms with Crippen LogP contribution in [0.4, 0.5) is 10.5 Å². The first kappa shape index (κ1) is 27.2. The van der Waals surface area contributed by atoms with Crippen molar-refractivity contribution in [1.82, 2.24) is 15.5 Å². The van der Waals surface area contributed by atoms with E-state index in [1.807, 2.05) is 6.07 Å². The molecule has 2 aliphatic carbocycles. The molecule has 9 nitrogen and oxygen atoms in total. The number of anilines is 1. The van der Waals surface area contributed by atoms with Crippen molar-refractivity contribution >= 4 is 29.5 Å². The Balaban J connectivity index is 1.29. The molecule has 0 spiro atoms. The first-order valence-electron chi connectivity index (χ1n) is 13.0. The summed E-state index contributed by atoms with van der Waals surface area (Å²) in [4.78, 5) is 53.6. The Morgan fingerprint density at radius 3 is 2.03 bits per heavy atom. The number of alkyl carbamates (subject to hydrolysis) is 1. The fourth-order valence-corrected chi connectivity index (χ4v) is 4.43. The second-order valence-corrected chi connectivity index (χ2v) is 11.0. The number of hydrogen-bond donors (Lipinski definition) is 2. The van der Waals surface area contributed by atoms with Crippen molar-refractivity contribution in [3.8, 4) is 0 Å². The molecule has 0 aliphatic heterocycles. The van der Waals surface area contributed by atoms with Gasteiger partial charge in [0.15, 0.2) is 0 Å². The Labute approximate surface area is 223 Å². The number of benzene rings is 2. The Bertz CT molecular complexity index is 1180. The predicted molar refractivity (Wildman–Crippen MR) is 144 cm³/mol. The van der Waals surface area contributed by atoms with Crippen molar-refractivity contribution < 1.29 is 23.9 Å². The van der Waals surface area contributed by atoms with E-state index in [0.29, 0.717) is 17.0 Å². The zero-order valence-corrected chi connectivity index (χ0v) is 22.5. The van der Waals surface area contributed by atoms with Crippen molar-refractivity contribution in [2.24, 2.45) is 11.3 Å². The van der Waals surface area contributed by atoms with Gasteiger partial charge in [0.1, 0.15) is 5.60 Å². The molecule has 2 aliphatic rings. The van der Waals surface area contributed by atoms with Crippen LogP contribution in [0.2, 0.25) is 0 Å². The average molecular weight is 521 g/mol. The molecular formula is C29H36N4O5. The van der Waals surface area contributed by atoms with Crippen LogP contribution in [-0.4, -0.2) is 67.5 Å². The average Bonchev–Trinajstić information content (AvgIpc) is 3.77. The summed E-state index contributed by atoms with van der Waals surface area (Å²) in [5.74, 6) is 0.261. The van der Waals surface area contributed by atoms with Crippen LogP contribution >= 0.6 is 0 Å². The van der Waals surface area contributed by atoms with Crippen molar-refractivity contribution in [2.45, 2.75) is 39.2 Å². The summed E-state index contributed by atoms with van der Waals surface area (Å²) in [5.41, 5.74) is 1.03. The maximum Gasteiger partial charge on any atom is 0.407 e. The summed E-state index contributed by atoms with van der Waals surface area (Å²) < 4.78 is 5.25. The monoisotopic (exact) mass is 520 g/mol. The summed E-state index contributed by atoms with van der Waals surface area (Å²) in [7, 11) is 1.77. The standard InChI is InChI=1S/C29H36N4O5/c1-28(2,3)38-27(37)31-15-17-33(25(35)21-8-6-5-7-9-21)16-14-30-24(34)20-10-12-23(13-11-20)32(4)26(36)29-18-22(29)19-29/h5-13,22H,14-19H2,1-4H3,(H,30,34)(H,31,37). The highest BCUT2D eigenvalue weighted by atomic mass is 16.6. The van der Waals surface area contributed by atoms with E-state index >= 15 is 0 Å². The van der Waals surface area contributed by atoms with Crippen LogP contribution in [-0.2, 0) is 9.53 Å². The van der Waals surface area contributed by atoms with E-state index in [4.69, 9.17) is 4.74 Å². The van der Waals surface area contributed by atoms with Gasteiger partial charge >= 0.3 is 6.09 Å². The topological polar surface area (TPSA) is 108 Å². The largest absolute Gasteiger partial charge is 0.444 e. The molecule has 202 valence electrons. The first-order valence-corrected chi connectivity index (χ1v) is 13.0. The number of carbonyl (C=O) groups is 4. The summed E-state index contributed by atoms with van der Waals surface area (Å²) >= 11 is 0. The van der Waals surface area contributed by atoms with Gasteiger partial charge in [-0.3, -0.25) is 14.4 Å². The molecule has 38 heavy (non-hydrogen) atoms. The fourth-order valence-electron chi connectivity index (χ4n) is 4.43. The van der Waals surface area contributed by atoms with Gasteiger partial charge < -0.3 is 25.2 Å². The van der Waals surface area contributed by atoms with E-state index in [2.05, 4.69) is 10.6 Å². The molecule has 0 radical (unpaired) electrons. The van der Waals surface area contributed by atoms with Crippen molar-refractivity contribution in [3.05, 3.63) is 65.7 Å². The van der Waals surface area contributed by atoms with Gasteiger partial charge in [0.2, 0.25) is 5.91 Å². The number of fused-ring (bicyclic) bond motifs is 1. The number of ether oxygens (including phenoxy) is 1. The molecule has 2 N–H and O–H groups in total. The van der Waals surface area contributed by atoms with Crippen LogP contribution in [0, 0.1) is 11.3 Å². The van der Waals surface area contributed by atoms with E-state index in [9.17, 15) is 19.2 Å². The highest BCUT2D eigenvalue weighted by Gasteiger charge is 2.75. The van der Waals surface area contributed by atoms with Crippen LogP contribution in [0.1, 0.15) is 54.3 Å². The van der Waals surface area contributed by atoms with Gasteiger partial charge in [0.25, 0.3) is 11.8 Å². The third-order valence-electron chi connectivity index (χ3n) is 6.96. The molecule has 0 unspecified atom stereocenters. The lowest BCUT2D eigenvalue weighted by Crippen LogP contribution is -2.43. The molecule has 0 aromatic heterocycles. The zero-order valence-electron chi connectivity index (χ0n) is 22.5. The van der Waals surface area contributed by atoms with Gasteiger partial charge in [0.05, 0.1) is 5.41 Å². The number of amides is 4. The Kier molecular flexibility index (Phi) is 7.76. The molecule has 4 amide bonds. The molecule has 2 fully saturated rings. The van der Waals surface area contributed by atoms with Crippen LogP contribution < -0.4 is 15.5 Å². The molecule has 2 aromatic rings. The summed E-state index contributed by atoms with van der Waals surface area (Å²) in [6.45, 7) is 6.28. The van der Waals surface area contributed by atoms with Gasteiger partial charge in [-0.15, -0.1) is 0 Å². The third kappa shape index (κ3) is 6.51. The molecule has 2 aromatic carbocycles. The van der Waals surface area contributed by atoms with E-state index in [1.165, 1.54) is 0 Å². The van der Waals surface area contributed by atoms with Crippen LogP contribution in [0.15, 0.2) is 54.6 Å². The van der Waals surface area contributed by atoms with E-state index < -0.39 is 11.7 Å². The van der Waals surface area contributed by atoms with Crippen molar-refractivity contribution in [2.75, 3.05) is 38.1 Å². The Morgan fingerprint density at radius 1 is 0.895 bits per heavy atom. The van der Waals surface area contributed by atoms with Crippen molar-refractivity contribution in [1.29, 1.82) is 0 Å². The number of rotatable bonds is 10. The van der Waals surface area contributed by atoms with Crippen LogP contribution in [0.5, 0.6) is 0 Å². The van der Waals surface area contributed by atoms with Gasteiger partial charge in [0, 0.05) is 50.0 Å². The Morgan fingerprint density at radius 2 is 1.47 bits per heavy atom. The second kappa shape index (κ2) is 10.8. The smallest absolute Gasteiger partial charge is 0.407 e. The Hall–Kier alpha value is -3.88. The maximum atomic E-state index is 13.1. The zero-order chi connectivity index (χ0) is 27.5. The van der Waals surface area contributed by atoms with Gasteiger partial charge in [-0.1, -0.05) is 18.2 Å². The van der Waals surface area contributed by atoms with E-state index in [-0.39, 0.29) is 49.3 Å². The molecular weight excluding hydrogens is 484 g/mol. The number of nitrogens with one attached hydrogen (secondary N) is 2. The molecule has 0 atom stereocenters. The normalized spacial score (nSPS) is 19.0. The van der Waals surface area contributed by atoms with Gasteiger partial charge in [-0.05, 0) is 75.9 Å². The fraction of sp³-hybridized carbons (Fsp3) is 0.448. The lowest BCUT2D eigenvalue weighted by atomic mass is 10.1. The van der Waals surface area contributed by atoms with E-state index in [0.717, 1.165) is 18.5 Å². The first-order chi connectivity index (χ1) is 18.0. The molecule has 0 heterocycles. The lowest BCUT2D eigenvalue weighted by molar-refractivity contribution is -0.121. The summed E-state index contributed by atoms with van der Waals surface area (Å²) in [6.07, 6.45) is 1.44. The molecule has 0 saturated heterocycles. The quantitative estimate of drug-likeness (QED) is 0.499. The highest BCUT2D eigenvalue weighted by molar-refractivity contribution is 6.02. The number of carbonyl (C=O) groups excluding carboxylic acids is 4. The second-order valence-electron chi connectivity index (χ2n) is 11.0. The third-order valence-corrected chi connectivity index (χ3v) is 6.96. The van der Waals surface area contributed by atoms with Crippen LogP contribution in [0.25, 0.3) is 0 Å². The highest BCUT2D eigenvalue weighted by Crippen LogP contribution is 2.76. The number of hydrogen-bond acceptors (Lipinski definition) is 5. The van der Waals surface area contributed by atoms with Gasteiger partial charge in [-0.25, -0.2) is 4.79 Å². The minimum absolute atomic E-state index is 0.101. The SMILES string of the molecule is CN(C(=O)C12CC1C2)c1ccc(C(=O)NCCN(CCNC(=O)OC(C)(C)C)C(=O)c2ccccc2)cc1. The minimum atomic E-state index is -0.617. The minimum Gasteiger partial charge on any atom is -0.444 e. The number of nitrogens with zero attached hydrogens (tertiary/aromatic N) is 2. The molecule has 4 rings (SSSR count). The van der Waals surface area contributed by atoms with Crippen molar-refractivity contribution in [3.63, 3.8) is 0 Å². The summed E-state index contributed by atoms with van der Waals surface area (Å²) in [5, 5.41) is 5.52. The molecule has 2 saturated carbocycles. The van der Waals surface area contributed by atoms with Crippen LogP contribution in [0.3, 0.4) is 0 Å². The lowest BCUT2D eigenvalue weighted by Gasteiger charge is -2.24. The van der Waals surface area contributed by atoms with Gasteiger partial charge in [-0.2, -0.15) is 0 Å². The van der Waals surface area contributed by atoms with E-state index in [1.54, 1.807) is 86.1 Å². The summed E-state index contributed by atoms with van der Waals surface area (Å²) in [6, 6.07) is 15.8. The predicted octanol–water partition coefficient (Wildman–Crippen LogP) is 3.46. The maximum absolute atomic E-state index is 13.1. The molecule has 0 bridgehead atoms.